The number of ether oxygens (including phenoxy) is 1. The minimum absolute atomic E-state index is 0.0147. The second-order valence-corrected chi connectivity index (χ2v) is 4.64. The first kappa shape index (κ1) is 15.0. The zero-order valence-electron chi connectivity index (χ0n) is 10.9. The molecule has 0 aliphatic heterocycles. The number of carbonyl (C=O) groups excluding carboxylic acids is 1. The normalized spacial score (nSPS) is 12.6. The first-order valence-electron chi connectivity index (χ1n) is 6.10. The fourth-order valence-corrected chi connectivity index (χ4v) is 2.13. The second-order valence-electron chi connectivity index (χ2n) is 4.23. The van der Waals surface area contributed by atoms with Crippen molar-refractivity contribution in [2.45, 2.75) is 32.8 Å². The number of Topliss-reactive ketones (excluding diaryl/α,β-unsaturated/α-hetero) is 1. The first-order valence-corrected chi connectivity index (χ1v) is 6.48. The van der Waals surface area contributed by atoms with Crippen molar-refractivity contribution in [1.29, 1.82) is 0 Å². The van der Waals surface area contributed by atoms with Gasteiger partial charge >= 0.3 is 0 Å². The Hall–Kier alpha value is -1.06. The van der Waals surface area contributed by atoms with E-state index in [1.165, 1.54) is 7.11 Å². The molecule has 18 heavy (non-hydrogen) atoms. The molecule has 0 aromatic heterocycles. The molecule has 1 unspecified atom stereocenters. The van der Waals surface area contributed by atoms with Gasteiger partial charge in [0.1, 0.15) is 11.9 Å². The van der Waals surface area contributed by atoms with Crippen molar-refractivity contribution < 1.29 is 14.6 Å². The molecule has 0 amide bonds. The van der Waals surface area contributed by atoms with Gasteiger partial charge < -0.3 is 9.84 Å². The van der Waals surface area contributed by atoms with E-state index >= 15 is 0 Å². The zero-order chi connectivity index (χ0) is 13.7. The number of methoxy groups -OCH3 is 1. The van der Waals surface area contributed by atoms with Crippen LogP contribution in [-0.4, -0.2) is 24.1 Å². The Morgan fingerprint density at radius 1 is 1.39 bits per heavy atom. The van der Waals surface area contributed by atoms with Crippen LogP contribution < -0.4 is 4.74 Å². The lowest BCUT2D eigenvalue weighted by atomic mass is 9.91. The third kappa shape index (κ3) is 3.24. The van der Waals surface area contributed by atoms with Crippen LogP contribution in [0.1, 0.15) is 37.0 Å². The summed E-state index contributed by atoms with van der Waals surface area (Å²) in [6.45, 7) is 3.93. The summed E-state index contributed by atoms with van der Waals surface area (Å²) in [5, 5.41) is 10.5. The Labute approximate surface area is 113 Å². The van der Waals surface area contributed by atoms with Crippen molar-refractivity contribution in [2.24, 2.45) is 5.92 Å². The molecule has 0 radical (unpaired) electrons. The van der Waals surface area contributed by atoms with E-state index in [0.717, 1.165) is 12.8 Å². The molecule has 1 aromatic carbocycles. The summed E-state index contributed by atoms with van der Waals surface area (Å²) in [5.74, 6) is 0.150. The van der Waals surface area contributed by atoms with Crippen molar-refractivity contribution in [1.82, 2.24) is 0 Å². The molecule has 1 aromatic rings. The van der Waals surface area contributed by atoms with E-state index < -0.39 is 6.10 Å². The number of halogens is 1. The van der Waals surface area contributed by atoms with Gasteiger partial charge in [-0.3, -0.25) is 4.79 Å². The van der Waals surface area contributed by atoms with E-state index in [4.69, 9.17) is 16.3 Å². The van der Waals surface area contributed by atoms with E-state index in [9.17, 15) is 9.90 Å². The average Bonchev–Trinajstić information content (AvgIpc) is 2.39. The van der Waals surface area contributed by atoms with Crippen LogP contribution in [0.4, 0.5) is 0 Å². The Balaban J connectivity index is 2.96. The predicted octanol–water partition coefficient (Wildman–Crippen LogP) is 3.33. The minimum atomic E-state index is -0.967. The number of aliphatic hydroxyl groups excluding tert-OH is 1. The van der Waals surface area contributed by atoms with Gasteiger partial charge in [-0.15, -0.1) is 0 Å². The van der Waals surface area contributed by atoms with E-state index in [-0.39, 0.29) is 11.7 Å². The van der Waals surface area contributed by atoms with Gasteiger partial charge in [0, 0.05) is 5.56 Å². The molecular formula is C14H19ClO3. The smallest absolute Gasteiger partial charge is 0.191 e. The molecule has 0 fully saturated rings. The predicted molar refractivity (Wildman–Crippen MR) is 72.4 cm³/mol. The largest absolute Gasteiger partial charge is 0.495 e. The van der Waals surface area contributed by atoms with Gasteiger partial charge in [-0.25, -0.2) is 0 Å². The molecule has 1 atom stereocenters. The highest BCUT2D eigenvalue weighted by Crippen LogP contribution is 2.26. The van der Waals surface area contributed by atoms with Gasteiger partial charge in [0.15, 0.2) is 5.78 Å². The summed E-state index contributed by atoms with van der Waals surface area (Å²) in [4.78, 5) is 12.1. The van der Waals surface area contributed by atoms with Gasteiger partial charge in [0.05, 0.1) is 12.1 Å². The highest BCUT2D eigenvalue weighted by atomic mass is 35.5. The molecule has 0 heterocycles. The molecule has 4 heteroatoms. The maximum absolute atomic E-state index is 12.1. The number of carbonyl (C=O) groups is 1. The van der Waals surface area contributed by atoms with Crippen LogP contribution in [-0.2, 0) is 0 Å². The minimum Gasteiger partial charge on any atom is -0.495 e. The molecule has 0 aliphatic carbocycles. The highest BCUT2D eigenvalue weighted by Gasteiger charge is 2.24. The van der Waals surface area contributed by atoms with E-state index in [2.05, 4.69) is 0 Å². The molecular weight excluding hydrogens is 252 g/mol. The Morgan fingerprint density at radius 3 is 2.50 bits per heavy atom. The fraction of sp³-hybridized carbons (Fsp3) is 0.500. The third-order valence-electron chi connectivity index (χ3n) is 3.20. The summed E-state index contributed by atoms with van der Waals surface area (Å²) < 4.78 is 5.06. The number of hydrogen-bond donors (Lipinski definition) is 1. The maximum atomic E-state index is 12.1. The topological polar surface area (TPSA) is 46.5 Å². The van der Waals surface area contributed by atoms with Crippen LogP contribution in [0.5, 0.6) is 5.75 Å². The van der Waals surface area contributed by atoms with Crippen LogP contribution in [0.15, 0.2) is 18.2 Å². The third-order valence-corrected chi connectivity index (χ3v) is 3.51. The maximum Gasteiger partial charge on any atom is 0.191 e. The zero-order valence-corrected chi connectivity index (χ0v) is 11.7. The SMILES string of the molecule is CCC(CC)C(O)C(=O)c1ccc(Cl)c(OC)c1. The Morgan fingerprint density at radius 2 is 2.00 bits per heavy atom. The van der Waals surface area contributed by atoms with E-state index in [1.54, 1.807) is 18.2 Å². The van der Waals surface area contributed by atoms with Crippen LogP contribution >= 0.6 is 11.6 Å². The molecule has 0 spiro atoms. The summed E-state index contributed by atoms with van der Waals surface area (Å²) in [6, 6.07) is 4.78. The molecule has 0 aliphatic rings. The Bertz CT molecular complexity index is 414. The quantitative estimate of drug-likeness (QED) is 0.807. The van der Waals surface area contributed by atoms with Gasteiger partial charge in [0.25, 0.3) is 0 Å². The average molecular weight is 271 g/mol. The molecule has 1 N–H and O–H groups in total. The van der Waals surface area contributed by atoms with E-state index in [0.29, 0.717) is 16.3 Å². The number of aliphatic hydroxyl groups is 1. The number of rotatable bonds is 6. The van der Waals surface area contributed by atoms with Crippen molar-refractivity contribution >= 4 is 17.4 Å². The molecule has 100 valence electrons. The van der Waals surface area contributed by atoms with Gasteiger partial charge in [-0.05, 0) is 24.1 Å². The molecule has 3 nitrogen and oxygen atoms in total. The summed E-state index contributed by atoms with van der Waals surface area (Å²) in [5.41, 5.74) is 0.427. The lowest BCUT2D eigenvalue weighted by Crippen LogP contribution is -2.29. The number of benzene rings is 1. The molecule has 1 rings (SSSR count). The second kappa shape index (κ2) is 6.76. The summed E-state index contributed by atoms with van der Waals surface area (Å²) >= 11 is 5.90. The van der Waals surface area contributed by atoms with Crippen LogP contribution in [0.2, 0.25) is 5.02 Å². The van der Waals surface area contributed by atoms with Gasteiger partial charge in [0.2, 0.25) is 0 Å². The van der Waals surface area contributed by atoms with E-state index in [1.807, 2.05) is 13.8 Å². The highest BCUT2D eigenvalue weighted by molar-refractivity contribution is 6.32. The van der Waals surface area contributed by atoms with Gasteiger partial charge in [-0.2, -0.15) is 0 Å². The first-order chi connectivity index (χ1) is 8.54. The van der Waals surface area contributed by atoms with Crippen molar-refractivity contribution in [3.05, 3.63) is 28.8 Å². The van der Waals surface area contributed by atoms with Crippen molar-refractivity contribution in [3.8, 4) is 5.75 Å². The molecule has 0 bridgehead atoms. The summed E-state index contributed by atoms with van der Waals surface area (Å²) in [7, 11) is 1.49. The number of ketones is 1. The van der Waals surface area contributed by atoms with Crippen LogP contribution in [0.25, 0.3) is 0 Å². The van der Waals surface area contributed by atoms with Crippen molar-refractivity contribution in [2.75, 3.05) is 7.11 Å². The summed E-state index contributed by atoms with van der Waals surface area (Å²) in [6.07, 6.45) is 0.577. The number of hydrogen-bond acceptors (Lipinski definition) is 3. The lowest BCUT2D eigenvalue weighted by molar-refractivity contribution is 0.0588. The van der Waals surface area contributed by atoms with Crippen molar-refractivity contribution in [3.63, 3.8) is 0 Å². The Kier molecular flexibility index (Phi) is 5.63. The lowest BCUT2D eigenvalue weighted by Gasteiger charge is -2.19. The monoisotopic (exact) mass is 270 g/mol. The standard InChI is InChI=1S/C14H19ClO3/c1-4-9(5-2)13(16)14(17)10-6-7-11(15)12(8-10)18-3/h6-9,13,16H,4-5H2,1-3H3. The van der Waals surface area contributed by atoms with Gasteiger partial charge in [-0.1, -0.05) is 38.3 Å². The fourth-order valence-electron chi connectivity index (χ4n) is 1.93. The van der Waals surface area contributed by atoms with Crippen LogP contribution in [0.3, 0.4) is 0 Å². The molecule has 0 saturated carbocycles. The molecule has 0 saturated heterocycles. The van der Waals surface area contributed by atoms with Crippen LogP contribution in [0, 0.1) is 5.92 Å².